The summed E-state index contributed by atoms with van der Waals surface area (Å²) in [6.45, 7) is 2.45. The van der Waals surface area contributed by atoms with E-state index in [1.54, 1.807) is 18.4 Å². The van der Waals surface area contributed by atoms with Gasteiger partial charge in [0.05, 0.1) is 6.26 Å². The Morgan fingerprint density at radius 2 is 1.74 bits per heavy atom. The summed E-state index contributed by atoms with van der Waals surface area (Å²) < 4.78 is 35.2. The van der Waals surface area contributed by atoms with E-state index in [9.17, 15) is 8.42 Å². The first-order valence-corrected chi connectivity index (χ1v) is 9.04. The zero-order valence-electron chi connectivity index (χ0n) is 13.1. The highest BCUT2D eigenvalue weighted by Gasteiger charge is 2.30. The second kappa shape index (κ2) is 6.84. The first-order valence-electron chi connectivity index (χ1n) is 7.60. The molecule has 1 N–H and O–H groups in total. The first-order chi connectivity index (χ1) is 11.1. The second-order valence-corrected chi connectivity index (χ2v) is 7.39. The van der Waals surface area contributed by atoms with Crippen molar-refractivity contribution in [2.24, 2.45) is 0 Å². The minimum Gasteiger partial charge on any atom is -0.467 e. The summed E-state index contributed by atoms with van der Waals surface area (Å²) in [5.74, 6) is 0.578. The summed E-state index contributed by atoms with van der Waals surface area (Å²) in [4.78, 5) is 2.12. The third-order valence-electron chi connectivity index (χ3n) is 4.03. The van der Waals surface area contributed by atoms with Crippen LogP contribution in [-0.2, 0) is 10.2 Å². The highest BCUT2D eigenvalue weighted by molar-refractivity contribution is 7.87. The maximum atomic E-state index is 12.7. The highest BCUT2D eigenvalue weighted by Crippen LogP contribution is 2.24. The number of nitrogens with zero attached hydrogens (tertiary/aromatic N) is 2. The number of hydrogen-bond acceptors (Lipinski definition) is 4. The van der Waals surface area contributed by atoms with Crippen LogP contribution in [0.1, 0.15) is 17.4 Å². The van der Waals surface area contributed by atoms with Gasteiger partial charge in [-0.05, 0) is 24.7 Å². The van der Waals surface area contributed by atoms with Crippen molar-refractivity contribution in [3.05, 3.63) is 60.1 Å². The summed E-state index contributed by atoms with van der Waals surface area (Å²) in [5.41, 5.74) is 0.847. The van der Waals surface area contributed by atoms with Gasteiger partial charge in [-0.15, -0.1) is 0 Å². The fraction of sp³-hybridized carbons (Fsp3) is 0.375. The lowest BCUT2D eigenvalue weighted by molar-refractivity contribution is 0.220. The summed E-state index contributed by atoms with van der Waals surface area (Å²) in [6, 6.07) is 12.5. The molecule has 0 saturated carbocycles. The lowest BCUT2D eigenvalue weighted by atomic mass is 10.1. The minimum atomic E-state index is -3.58. The lowest BCUT2D eigenvalue weighted by Gasteiger charge is -2.32. The molecule has 0 aliphatic carbocycles. The normalized spacial score (nSPS) is 18.8. The molecule has 1 atom stereocenters. The number of piperazine rings is 1. The smallest absolute Gasteiger partial charge is 0.280 e. The molecule has 2 heterocycles. The molecule has 1 saturated heterocycles. The van der Waals surface area contributed by atoms with Crippen molar-refractivity contribution in [1.29, 1.82) is 0 Å². The topological polar surface area (TPSA) is 65.8 Å². The molecule has 2 aromatic rings. The van der Waals surface area contributed by atoms with Gasteiger partial charge < -0.3 is 9.32 Å². The Bertz CT molecular complexity index is 708. The number of likely N-dealkylation sites (N-methyl/N-ethyl adjacent to an activating group) is 1. The zero-order valence-corrected chi connectivity index (χ0v) is 13.9. The van der Waals surface area contributed by atoms with Crippen LogP contribution in [0.2, 0.25) is 0 Å². The monoisotopic (exact) mass is 335 g/mol. The van der Waals surface area contributed by atoms with Crippen molar-refractivity contribution in [3.63, 3.8) is 0 Å². The van der Waals surface area contributed by atoms with Gasteiger partial charge in [0.2, 0.25) is 0 Å². The van der Waals surface area contributed by atoms with Crippen LogP contribution < -0.4 is 4.72 Å². The van der Waals surface area contributed by atoms with Crippen molar-refractivity contribution in [1.82, 2.24) is 13.9 Å². The molecule has 1 aromatic heterocycles. The maximum absolute atomic E-state index is 12.7. The fourth-order valence-corrected chi connectivity index (χ4v) is 3.99. The Balaban J connectivity index is 1.84. The molecule has 3 rings (SSSR count). The van der Waals surface area contributed by atoms with Gasteiger partial charge in [0.15, 0.2) is 0 Å². The summed E-state index contributed by atoms with van der Waals surface area (Å²) in [6.07, 6.45) is 1.55. The minimum absolute atomic E-state index is 0.492. The van der Waals surface area contributed by atoms with E-state index in [1.807, 2.05) is 37.4 Å². The Hall–Kier alpha value is -1.67. The Kier molecular flexibility index (Phi) is 4.82. The van der Waals surface area contributed by atoms with E-state index in [4.69, 9.17) is 4.42 Å². The molecule has 0 radical (unpaired) electrons. The molecule has 0 spiro atoms. The molecular weight excluding hydrogens is 314 g/mol. The van der Waals surface area contributed by atoms with Crippen molar-refractivity contribution >= 4 is 10.2 Å². The van der Waals surface area contributed by atoms with Gasteiger partial charge in [0.1, 0.15) is 11.8 Å². The van der Waals surface area contributed by atoms with Gasteiger partial charge in [-0.2, -0.15) is 17.4 Å². The van der Waals surface area contributed by atoms with Crippen molar-refractivity contribution in [2.75, 3.05) is 33.2 Å². The number of hydrogen-bond donors (Lipinski definition) is 1. The summed E-state index contributed by atoms with van der Waals surface area (Å²) in [5, 5.41) is 0. The van der Waals surface area contributed by atoms with Gasteiger partial charge in [0, 0.05) is 26.2 Å². The van der Waals surface area contributed by atoms with Crippen molar-refractivity contribution in [3.8, 4) is 0 Å². The number of benzene rings is 1. The van der Waals surface area contributed by atoms with Crippen LogP contribution in [0.15, 0.2) is 53.1 Å². The molecular formula is C16H21N3O3S. The predicted molar refractivity (Wildman–Crippen MR) is 88.1 cm³/mol. The van der Waals surface area contributed by atoms with Gasteiger partial charge in [-0.25, -0.2) is 0 Å². The standard InChI is InChI=1S/C16H21N3O3S/c1-18-9-11-19(12-10-18)23(20,21)17-16(15-8-5-13-22-15)14-6-3-2-4-7-14/h2-8,13,16-17H,9-12H2,1H3/t16-/m1/s1. The molecule has 124 valence electrons. The van der Waals surface area contributed by atoms with Crippen LogP contribution in [0.5, 0.6) is 0 Å². The van der Waals surface area contributed by atoms with Gasteiger partial charge in [-0.1, -0.05) is 30.3 Å². The maximum Gasteiger partial charge on any atom is 0.280 e. The van der Waals surface area contributed by atoms with Crippen LogP contribution in [0, 0.1) is 0 Å². The SMILES string of the molecule is CN1CCN(S(=O)(=O)N[C@H](c2ccccc2)c2ccco2)CC1. The first kappa shape index (κ1) is 16.2. The van der Waals surface area contributed by atoms with Gasteiger partial charge in [-0.3, -0.25) is 0 Å². The third kappa shape index (κ3) is 3.81. The molecule has 1 fully saturated rings. The van der Waals surface area contributed by atoms with Crippen LogP contribution in [0.25, 0.3) is 0 Å². The lowest BCUT2D eigenvalue weighted by Crippen LogP contribution is -2.51. The van der Waals surface area contributed by atoms with E-state index < -0.39 is 16.3 Å². The highest BCUT2D eigenvalue weighted by atomic mass is 32.2. The Morgan fingerprint density at radius 1 is 1.04 bits per heavy atom. The van der Waals surface area contributed by atoms with E-state index in [-0.39, 0.29) is 0 Å². The molecule has 6 nitrogen and oxygen atoms in total. The van der Waals surface area contributed by atoms with Gasteiger partial charge in [0.25, 0.3) is 10.2 Å². The molecule has 7 heteroatoms. The molecule has 23 heavy (non-hydrogen) atoms. The number of rotatable bonds is 5. The molecule has 0 amide bonds. The molecule has 1 aliphatic rings. The summed E-state index contributed by atoms with van der Waals surface area (Å²) in [7, 11) is -1.59. The van der Waals surface area contributed by atoms with Crippen LogP contribution in [0.4, 0.5) is 0 Å². The zero-order chi connectivity index (χ0) is 16.3. The van der Waals surface area contributed by atoms with Crippen LogP contribution in [-0.4, -0.2) is 50.8 Å². The van der Waals surface area contributed by atoms with Crippen molar-refractivity contribution in [2.45, 2.75) is 6.04 Å². The largest absolute Gasteiger partial charge is 0.467 e. The van der Waals surface area contributed by atoms with Crippen molar-refractivity contribution < 1.29 is 12.8 Å². The summed E-state index contributed by atoms with van der Waals surface area (Å²) >= 11 is 0. The van der Waals surface area contributed by atoms with E-state index in [0.29, 0.717) is 18.8 Å². The quantitative estimate of drug-likeness (QED) is 0.898. The number of furan rings is 1. The van der Waals surface area contributed by atoms with E-state index in [1.165, 1.54) is 4.31 Å². The average molecular weight is 335 g/mol. The number of nitrogens with one attached hydrogen (secondary N) is 1. The van der Waals surface area contributed by atoms with Crippen LogP contribution >= 0.6 is 0 Å². The predicted octanol–water partition coefficient (Wildman–Crippen LogP) is 1.45. The fourth-order valence-electron chi connectivity index (χ4n) is 2.64. The molecule has 1 aliphatic heterocycles. The van der Waals surface area contributed by atoms with Gasteiger partial charge >= 0.3 is 0 Å². The average Bonchev–Trinajstić information content (AvgIpc) is 3.08. The Morgan fingerprint density at radius 3 is 2.35 bits per heavy atom. The third-order valence-corrected chi connectivity index (χ3v) is 5.61. The molecule has 0 bridgehead atoms. The van der Waals surface area contributed by atoms with Crippen LogP contribution in [0.3, 0.4) is 0 Å². The van der Waals surface area contributed by atoms with E-state index >= 15 is 0 Å². The van der Waals surface area contributed by atoms with E-state index in [0.717, 1.165) is 18.7 Å². The second-order valence-electron chi connectivity index (χ2n) is 5.68. The molecule has 1 aromatic carbocycles. The van der Waals surface area contributed by atoms with E-state index in [2.05, 4.69) is 9.62 Å². The Labute approximate surface area is 136 Å². The molecule has 0 unspecified atom stereocenters.